The van der Waals surface area contributed by atoms with Gasteiger partial charge in [0.25, 0.3) is 0 Å². The Morgan fingerprint density at radius 2 is 1.89 bits per heavy atom. The number of aliphatic imine (C=N–C) groups is 1. The van der Waals surface area contributed by atoms with E-state index in [9.17, 15) is 8.42 Å². The van der Waals surface area contributed by atoms with E-state index in [-0.39, 0.29) is 0 Å². The van der Waals surface area contributed by atoms with Crippen molar-refractivity contribution >= 4 is 16.0 Å². The average Bonchev–Trinajstić information content (AvgIpc) is 2.64. The number of nitrogens with one attached hydrogen (secondary N) is 2. The topological polar surface area (TPSA) is 83.0 Å². The van der Waals surface area contributed by atoms with Crippen LogP contribution in [-0.4, -0.2) is 64.3 Å². The third-order valence-corrected chi connectivity index (χ3v) is 5.88. The van der Waals surface area contributed by atoms with Gasteiger partial charge < -0.3 is 15.4 Å². The second kappa shape index (κ2) is 10.5. The molecule has 152 valence electrons. The molecule has 1 fully saturated rings. The van der Waals surface area contributed by atoms with Crippen LogP contribution in [0.15, 0.2) is 29.3 Å². The number of hydrogen-bond donors (Lipinski definition) is 2. The molecule has 2 N–H and O–H groups in total. The lowest BCUT2D eigenvalue weighted by Gasteiger charge is -2.29. The third kappa shape index (κ3) is 7.76. The SMILES string of the molecule is CCNC(=NCC1CCN(S(C)(=O)=O)CC1)NCCOc1ccc(C)cc1. The Labute approximate surface area is 163 Å². The Morgan fingerprint density at radius 3 is 2.48 bits per heavy atom. The van der Waals surface area contributed by atoms with Gasteiger partial charge in [0.2, 0.25) is 10.0 Å². The summed E-state index contributed by atoms with van der Waals surface area (Å²) in [6, 6.07) is 8.00. The Hall–Kier alpha value is -1.80. The fourth-order valence-corrected chi connectivity index (χ4v) is 3.83. The van der Waals surface area contributed by atoms with Crippen LogP contribution in [0, 0.1) is 12.8 Å². The molecule has 1 aromatic carbocycles. The van der Waals surface area contributed by atoms with Gasteiger partial charge in [0, 0.05) is 26.2 Å². The Morgan fingerprint density at radius 1 is 1.22 bits per heavy atom. The molecule has 0 radical (unpaired) electrons. The summed E-state index contributed by atoms with van der Waals surface area (Å²) in [7, 11) is -3.07. The number of benzene rings is 1. The lowest BCUT2D eigenvalue weighted by atomic mass is 9.98. The highest BCUT2D eigenvalue weighted by atomic mass is 32.2. The largest absolute Gasteiger partial charge is 0.492 e. The predicted molar refractivity (Wildman–Crippen MR) is 110 cm³/mol. The fraction of sp³-hybridized carbons (Fsp3) is 0.632. The van der Waals surface area contributed by atoms with Gasteiger partial charge in [-0.3, -0.25) is 4.99 Å². The summed E-state index contributed by atoms with van der Waals surface area (Å²) in [5, 5.41) is 6.52. The van der Waals surface area contributed by atoms with Gasteiger partial charge in [0.1, 0.15) is 12.4 Å². The van der Waals surface area contributed by atoms with Crippen LogP contribution < -0.4 is 15.4 Å². The molecule has 1 aliphatic rings. The molecule has 0 aliphatic carbocycles. The minimum absolute atomic E-state index is 0.419. The number of piperidine rings is 1. The summed E-state index contributed by atoms with van der Waals surface area (Å²) >= 11 is 0. The summed E-state index contributed by atoms with van der Waals surface area (Å²) in [6.07, 6.45) is 2.98. The van der Waals surface area contributed by atoms with E-state index in [1.54, 1.807) is 4.31 Å². The second-order valence-electron chi connectivity index (χ2n) is 6.91. The quantitative estimate of drug-likeness (QED) is 0.396. The Bertz CT molecular complexity index is 696. The van der Waals surface area contributed by atoms with Crippen LogP contribution in [0.5, 0.6) is 5.75 Å². The zero-order valence-electron chi connectivity index (χ0n) is 16.6. The van der Waals surface area contributed by atoms with Crippen molar-refractivity contribution in [2.75, 3.05) is 45.6 Å². The zero-order chi connectivity index (χ0) is 19.7. The highest BCUT2D eigenvalue weighted by Gasteiger charge is 2.24. The molecular weight excluding hydrogens is 364 g/mol. The fourth-order valence-electron chi connectivity index (χ4n) is 2.96. The van der Waals surface area contributed by atoms with Gasteiger partial charge in [0.15, 0.2) is 5.96 Å². The van der Waals surface area contributed by atoms with Crippen molar-refractivity contribution in [3.05, 3.63) is 29.8 Å². The van der Waals surface area contributed by atoms with Gasteiger partial charge in [0.05, 0.1) is 12.8 Å². The standard InChI is InChI=1S/C19H32N4O3S/c1-4-20-19(21-11-14-26-18-7-5-16(2)6-8-18)22-15-17-9-12-23(13-10-17)27(3,24)25/h5-8,17H,4,9-15H2,1-3H3,(H2,20,21,22). The van der Waals surface area contributed by atoms with Gasteiger partial charge in [-0.2, -0.15) is 0 Å². The Kier molecular flexibility index (Phi) is 8.37. The van der Waals surface area contributed by atoms with E-state index >= 15 is 0 Å². The monoisotopic (exact) mass is 396 g/mol. The van der Waals surface area contributed by atoms with Crippen LogP contribution in [0.25, 0.3) is 0 Å². The lowest BCUT2D eigenvalue weighted by molar-refractivity contribution is 0.280. The summed E-state index contributed by atoms with van der Waals surface area (Å²) in [6.45, 7) is 7.97. The number of rotatable bonds is 8. The molecule has 8 heteroatoms. The Balaban J connectivity index is 1.73. The molecule has 0 atom stereocenters. The first-order valence-electron chi connectivity index (χ1n) is 9.55. The van der Waals surface area contributed by atoms with Crippen molar-refractivity contribution in [1.29, 1.82) is 0 Å². The van der Waals surface area contributed by atoms with Gasteiger partial charge in [-0.15, -0.1) is 0 Å². The number of hydrogen-bond acceptors (Lipinski definition) is 4. The highest BCUT2D eigenvalue weighted by Crippen LogP contribution is 2.19. The molecule has 1 heterocycles. The van der Waals surface area contributed by atoms with E-state index in [1.807, 2.05) is 31.2 Å². The maximum absolute atomic E-state index is 11.6. The van der Waals surface area contributed by atoms with Gasteiger partial charge in [-0.05, 0) is 44.7 Å². The van der Waals surface area contributed by atoms with E-state index in [1.165, 1.54) is 11.8 Å². The number of nitrogens with zero attached hydrogens (tertiary/aromatic N) is 2. The zero-order valence-corrected chi connectivity index (χ0v) is 17.4. The number of ether oxygens (including phenoxy) is 1. The van der Waals surface area contributed by atoms with Crippen molar-refractivity contribution in [3.8, 4) is 5.75 Å². The molecule has 0 amide bonds. The van der Waals surface area contributed by atoms with Crippen molar-refractivity contribution in [1.82, 2.24) is 14.9 Å². The molecule has 0 aromatic heterocycles. The summed E-state index contributed by atoms with van der Waals surface area (Å²) in [4.78, 5) is 4.65. The molecule has 0 saturated carbocycles. The molecular formula is C19H32N4O3S. The maximum Gasteiger partial charge on any atom is 0.211 e. The summed E-state index contributed by atoms with van der Waals surface area (Å²) in [5.74, 6) is 2.06. The normalized spacial score (nSPS) is 16.9. The molecule has 0 bridgehead atoms. The molecule has 1 aliphatic heterocycles. The third-order valence-electron chi connectivity index (χ3n) is 4.58. The van der Waals surface area contributed by atoms with E-state index in [2.05, 4.69) is 22.5 Å². The van der Waals surface area contributed by atoms with Crippen molar-refractivity contribution < 1.29 is 13.2 Å². The lowest BCUT2D eigenvalue weighted by Crippen LogP contribution is -2.41. The van der Waals surface area contributed by atoms with Crippen LogP contribution in [0.2, 0.25) is 0 Å². The van der Waals surface area contributed by atoms with E-state index in [0.717, 1.165) is 31.1 Å². The second-order valence-corrected chi connectivity index (χ2v) is 8.90. The first kappa shape index (κ1) is 21.5. The smallest absolute Gasteiger partial charge is 0.211 e. The minimum Gasteiger partial charge on any atom is -0.492 e. The van der Waals surface area contributed by atoms with E-state index < -0.39 is 10.0 Å². The van der Waals surface area contributed by atoms with E-state index in [4.69, 9.17) is 4.74 Å². The van der Waals surface area contributed by atoms with Gasteiger partial charge >= 0.3 is 0 Å². The number of aryl methyl sites for hydroxylation is 1. The van der Waals surface area contributed by atoms with Crippen LogP contribution in [0.4, 0.5) is 0 Å². The van der Waals surface area contributed by atoms with Crippen molar-refractivity contribution in [2.24, 2.45) is 10.9 Å². The van der Waals surface area contributed by atoms with E-state index in [0.29, 0.717) is 38.7 Å². The van der Waals surface area contributed by atoms with Crippen LogP contribution >= 0.6 is 0 Å². The van der Waals surface area contributed by atoms with Gasteiger partial charge in [-0.25, -0.2) is 12.7 Å². The van der Waals surface area contributed by atoms with Gasteiger partial charge in [-0.1, -0.05) is 17.7 Å². The highest BCUT2D eigenvalue weighted by molar-refractivity contribution is 7.88. The van der Waals surface area contributed by atoms with Crippen LogP contribution in [-0.2, 0) is 10.0 Å². The molecule has 7 nitrogen and oxygen atoms in total. The molecule has 0 unspecified atom stereocenters. The minimum atomic E-state index is -3.07. The maximum atomic E-state index is 11.6. The number of sulfonamides is 1. The van der Waals surface area contributed by atoms with Crippen molar-refractivity contribution in [2.45, 2.75) is 26.7 Å². The molecule has 1 aromatic rings. The molecule has 2 rings (SSSR count). The molecule has 27 heavy (non-hydrogen) atoms. The first-order chi connectivity index (χ1) is 12.9. The van der Waals surface area contributed by atoms with Crippen LogP contribution in [0.3, 0.4) is 0 Å². The molecule has 1 saturated heterocycles. The summed E-state index contributed by atoms with van der Waals surface area (Å²) in [5.41, 5.74) is 1.21. The van der Waals surface area contributed by atoms with Crippen molar-refractivity contribution in [3.63, 3.8) is 0 Å². The summed E-state index contributed by atoms with van der Waals surface area (Å²) < 4.78 is 30.4. The first-order valence-corrected chi connectivity index (χ1v) is 11.4. The molecule has 0 spiro atoms. The number of guanidine groups is 1. The average molecular weight is 397 g/mol. The van der Waals surface area contributed by atoms with Crippen LogP contribution in [0.1, 0.15) is 25.3 Å². The predicted octanol–water partition coefficient (Wildman–Crippen LogP) is 1.60.